The van der Waals surface area contributed by atoms with E-state index in [1.54, 1.807) is 49.0 Å². The highest BCUT2D eigenvalue weighted by Crippen LogP contribution is 2.45. The number of anilines is 1. The molecule has 0 bridgehead atoms. The zero-order valence-electron chi connectivity index (χ0n) is 20.0. The van der Waals surface area contributed by atoms with Gasteiger partial charge in [-0.2, -0.15) is 11.4 Å². The molecule has 0 amide bonds. The molecule has 2 aromatic heterocycles. The Morgan fingerprint density at radius 3 is 2.62 bits per heavy atom. The maximum atomic E-state index is 13.9. The predicted molar refractivity (Wildman–Crippen MR) is 139 cm³/mol. The fourth-order valence-corrected chi connectivity index (χ4v) is 6.19. The molecule has 12 heteroatoms. The number of ether oxygens (including phenoxy) is 1. The molecule has 0 aliphatic carbocycles. The number of thiol groups is 1. The van der Waals surface area contributed by atoms with Gasteiger partial charge in [-0.25, -0.2) is 20.0 Å². The number of benzene rings is 1. The number of nitrogens with zero attached hydrogens (tertiary/aromatic N) is 4. The molecule has 2 atom stereocenters. The summed E-state index contributed by atoms with van der Waals surface area (Å²) >= 11 is 0.748. The lowest BCUT2D eigenvalue weighted by Crippen LogP contribution is -2.46. The first-order valence-corrected chi connectivity index (χ1v) is 13.7. The van der Waals surface area contributed by atoms with Crippen molar-refractivity contribution in [2.75, 3.05) is 12.1 Å². The number of rotatable bonds is 11. The summed E-state index contributed by atoms with van der Waals surface area (Å²) in [5.41, 5.74) is 6.01. The third-order valence-electron chi connectivity index (χ3n) is 4.80. The molecule has 1 unspecified atom stereocenters. The van der Waals surface area contributed by atoms with Crippen LogP contribution in [0.5, 0.6) is 5.75 Å². The van der Waals surface area contributed by atoms with E-state index < -0.39 is 13.1 Å². The van der Waals surface area contributed by atoms with Crippen molar-refractivity contribution in [3.05, 3.63) is 43.0 Å². The first kappa shape index (κ1) is 26.3. The van der Waals surface area contributed by atoms with Gasteiger partial charge in [-0.05, 0) is 38.2 Å². The van der Waals surface area contributed by atoms with Crippen LogP contribution < -0.4 is 15.3 Å². The van der Waals surface area contributed by atoms with Crippen LogP contribution in [-0.2, 0) is 15.8 Å². The quantitative estimate of drug-likeness (QED) is 0.172. The standard InChI is InChI=1S/C22H33N6O4PS/c1-15(2)34-21(29)22(4,5)27-33(30,32-17-9-7-6-8-10-17)14-31-16(3)11-28-13-26-18-19(23)24-12-25-20(18)28/h6-10,12-13,15-16,29,34H,11,14H2,1-5H3,(H,27,30)(H2,23,24,25)/t16-,33?/m1/s1. The molecule has 34 heavy (non-hydrogen) atoms. The van der Waals surface area contributed by atoms with Gasteiger partial charge in [0.1, 0.15) is 23.9 Å². The minimum Gasteiger partial charge on any atom is -0.431 e. The van der Waals surface area contributed by atoms with E-state index >= 15 is 0 Å². The number of nitrogens with two attached hydrogens (primary N) is 1. The smallest absolute Gasteiger partial charge is 0.342 e. The van der Waals surface area contributed by atoms with E-state index in [0.717, 1.165) is 11.4 Å². The molecule has 1 aromatic carbocycles. The second-order valence-electron chi connectivity index (χ2n) is 8.80. The van der Waals surface area contributed by atoms with Gasteiger partial charge in [0.2, 0.25) is 0 Å². The highest BCUT2D eigenvalue weighted by Gasteiger charge is 2.36. The van der Waals surface area contributed by atoms with Crippen molar-refractivity contribution < 1.29 is 18.9 Å². The fraction of sp³-hybridized carbons (Fsp3) is 0.455. The summed E-state index contributed by atoms with van der Waals surface area (Å²) in [6.45, 7) is 9.79. The van der Waals surface area contributed by atoms with Crippen molar-refractivity contribution >= 4 is 40.9 Å². The number of nitrogen functional groups attached to an aromatic ring is 1. The second kappa shape index (κ2) is 11.0. The summed E-state index contributed by atoms with van der Waals surface area (Å²) in [6, 6.07) is 8.89. The maximum absolute atomic E-state index is 13.9. The Bertz CT molecular complexity index is 1180. The van der Waals surface area contributed by atoms with Gasteiger partial charge in [0.15, 0.2) is 11.5 Å². The van der Waals surface area contributed by atoms with Crippen LogP contribution >= 0.6 is 18.9 Å². The zero-order chi connectivity index (χ0) is 24.9. The Morgan fingerprint density at radius 1 is 1.24 bits per heavy atom. The largest absolute Gasteiger partial charge is 0.431 e. The summed E-state index contributed by atoms with van der Waals surface area (Å²) < 4.78 is 27.6. The van der Waals surface area contributed by atoms with Crippen LogP contribution in [0, 0.1) is 0 Å². The van der Waals surface area contributed by atoms with Crippen molar-refractivity contribution in [3.63, 3.8) is 0 Å². The van der Waals surface area contributed by atoms with Crippen LogP contribution in [0.1, 0.15) is 34.6 Å². The number of fused-ring (bicyclic) bond motifs is 1. The van der Waals surface area contributed by atoms with Crippen LogP contribution in [0.4, 0.5) is 5.82 Å². The highest BCUT2D eigenvalue weighted by molar-refractivity contribution is 7.99. The number of hydrogen-bond acceptors (Lipinski definition) is 7. The summed E-state index contributed by atoms with van der Waals surface area (Å²) in [6.07, 6.45) is 2.45. The topological polar surface area (TPSA) is 137 Å². The average Bonchev–Trinajstić information content (AvgIpc) is 3.16. The Labute approximate surface area is 203 Å². The molecule has 0 aliphatic rings. The molecule has 2 heterocycles. The normalized spacial score (nSPS) is 15.7. The van der Waals surface area contributed by atoms with E-state index in [9.17, 15) is 9.67 Å². The summed E-state index contributed by atoms with van der Waals surface area (Å²) in [5, 5.41) is 14.1. The van der Waals surface area contributed by atoms with Crippen molar-refractivity contribution in [2.45, 2.75) is 58.1 Å². The lowest BCUT2D eigenvalue weighted by Gasteiger charge is -2.32. The fourth-order valence-electron chi connectivity index (χ4n) is 3.20. The van der Waals surface area contributed by atoms with Crippen LogP contribution in [0.3, 0.4) is 0 Å². The van der Waals surface area contributed by atoms with Crippen LogP contribution in [0.2, 0.25) is 0 Å². The van der Waals surface area contributed by atoms with E-state index in [-0.39, 0.29) is 22.8 Å². The number of nitrogens with one attached hydrogen (secondary N) is 1. The van der Waals surface area contributed by atoms with Gasteiger partial charge in [-0.1, -0.05) is 32.0 Å². The van der Waals surface area contributed by atoms with Crippen LogP contribution in [0.15, 0.2) is 43.0 Å². The Kier molecular flexibility index (Phi) is 8.48. The average molecular weight is 509 g/mol. The van der Waals surface area contributed by atoms with Gasteiger partial charge < -0.3 is 24.7 Å². The molecule has 10 nitrogen and oxygen atoms in total. The Morgan fingerprint density at radius 2 is 1.94 bits per heavy atom. The number of aromatic nitrogens is 4. The van der Waals surface area contributed by atoms with Crippen molar-refractivity contribution in [3.8, 4) is 5.75 Å². The molecule has 0 fully saturated rings. The number of imidazole rings is 1. The third kappa shape index (κ3) is 6.86. The van der Waals surface area contributed by atoms with Gasteiger partial charge in [-0.3, -0.25) is 4.57 Å². The number of hydrogen-bond donors (Lipinski definition) is 4. The van der Waals surface area contributed by atoms with Crippen molar-refractivity contribution in [1.29, 1.82) is 0 Å². The summed E-state index contributed by atoms with van der Waals surface area (Å²) in [4.78, 5) is 12.5. The lowest BCUT2D eigenvalue weighted by atomic mass is 10.1. The summed E-state index contributed by atoms with van der Waals surface area (Å²) in [5.74, 6) is 0.750. The molecular weight excluding hydrogens is 475 g/mol. The highest BCUT2D eigenvalue weighted by atomic mass is 32.1. The van der Waals surface area contributed by atoms with E-state index in [4.69, 9.17) is 15.0 Å². The molecule has 0 saturated carbocycles. The van der Waals surface area contributed by atoms with Gasteiger partial charge >= 0.3 is 7.52 Å². The number of aliphatic hydroxyl groups is 1. The van der Waals surface area contributed by atoms with E-state index in [1.807, 2.05) is 26.8 Å². The molecule has 0 radical (unpaired) electrons. The van der Waals surface area contributed by atoms with Gasteiger partial charge in [0, 0.05) is 0 Å². The molecule has 0 aliphatic heterocycles. The predicted octanol–water partition coefficient (Wildman–Crippen LogP) is 3.97. The molecule has 3 aromatic rings. The van der Waals surface area contributed by atoms with E-state index in [1.165, 1.54) is 6.33 Å². The van der Waals surface area contributed by atoms with Crippen LogP contribution in [0.25, 0.3) is 11.2 Å². The number of aliphatic hydroxyl groups excluding tert-OH is 1. The molecule has 0 saturated heterocycles. The van der Waals surface area contributed by atoms with Gasteiger partial charge in [-0.15, -0.1) is 0 Å². The molecule has 4 N–H and O–H groups in total. The second-order valence-corrected chi connectivity index (χ2v) is 12.5. The zero-order valence-corrected chi connectivity index (χ0v) is 21.8. The molecule has 3 rings (SSSR count). The van der Waals surface area contributed by atoms with Crippen molar-refractivity contribution in [1.82, 2.24) is 24.6 Å². The minimum absolute atomic E-state index is 0.176. The first-order valence-electron chi connectivity index (χ1n) is 10.9. The van der Waals surface area contributed by atoms with Crippen molar-refractivity contribution in [2.24, 2.45) is 0 Å². The molecule has 0 spiro atoms. The van der Waals surface area contributed by atoms with E-state index in [0.29, 0.717) is 29.3 Å². The Balaban J connectivity index is 1.76. The maximum Gasteiger partial charge on any atom is 0.342 e. The molecular formula is C22H33N6O4PS. The van der Waals surface area contributed by atoms with Gasteiger partial charge in [0.25, 0.3) is 0 Å². The lowest BCUT2D eigenvalue weighted by molar-refractivity contribution is 0.0817. The minimum atomic E-state index is -3.59. The monoisotopic (exact) mass is 508 g/mol. The van der Waals surface area contributed by atoms with Crippen LogP contribution in [-0.4, -0.2) is 52.9 Å². The Hall–Kier alpha value is -2.30. The first-order chi connectivity index (χ1) is 16.0. The van der Waals surface area contributed by atoms with E-state index in [2.05, 4.69) is 20.0 Å². The summed E-state index contributed by atoms with van der Waals surface area (Å²) in [7, 11) is -3.59. The van der Waals surface area contributed by atoms with Gasteiger partial charge in [0.05, 0.1) is 29.6 Å². The molecule has 186 valence electrons. The SMILES string of the molecule is CC(C)[SH]=C(O)C(C)(C)NP(=O)(CO[C@H](C)Cn1cnc2c(N)ncnc21)Oc1ccccc1. The third-order valence-corrected chi connectivity index (χ3v) is 8.01. The number of para-hydroxylation sites is 1.